The van der Waals surface area contributed by atoms with Crippen LogP contribution < -0.4 is 0 Å². The van der Waals surface area contributed by atoms with Gasteiger partial charge in [-0.1, -0.05) is 59.6 Å². The van der Waals surface area contributed by atoms with E-state index < -0.39 is 0 Å². The van der Waals surface area contributed by atoms with Crippen molar-refractivity contribution in [3.05, 3.63) is 76.1 Å². The van der Waals surface area contributed by atoms with Crippen molar-refractivity contribution in [1.29, 1.82) is 0 Å². The topological polar surface area (TPSA) is 0 Å². The van der Waals surface area contributed by atoms with Gasteiger partial charge in [-0.25, -0.2) is 0 Å². The minimum Gasteiger partial charge on any atom is -0.0843 e. The summed E-state index contributed by atoms with van der Waals surface area (Å²) in [5.41, 5.74) is 2.11. The summed E-state index contributed by atoms with van der Waals surface area (Å²) < 4.78 is 0. The minimum atomic E-state index is 0.658. The maximum atomic E-state index is 6.06. The first-order valence-electron chi connectivity index (χ1n) is 4.60. The molecule has 0 N–H and O–H groups in total. The SMILES string of the molecule is Clc1ccc([CH]c2ccccc2)c(Cl)c1. The van der Waals surface area contributed by atoms with Gasteiger partial charge in [0.25, 0.3) is 0 Å². The molecular weight excluding hydrogens is 227 g/mol. The molecule has 0 unspecified atom stereocenters. The molecule has 0 aromatic heterocycles. The largest absolute Gasteiger partial charge is 0.0843 e. The summed E-state index contributed by atoms with van der Waals surface area (Å²) in [6.45, 7) is 0. The van der Waals surface area contributed by atoms with Crippen molar-refractivity contribution in [2.24, 2.45) is 0 Å². The molecular formula is C13H9Cl2. The average molecular weight is 236 g/mol. The van der Waals surface area contributed by atoms with Crippen molar-refractivity contribution in [2.75, 3.05) is 0 Å². The summed E-state index contributed by atoms with van der Waals surface area (Å²) in [6.07, 6.45) is 2.03. The van der Waals surface area contributed by atoms with E-state index in [1.165, 1.54) is 0 Å². The molecule has 0 nitrogen and oxygen atoms in total. The van der Waals surface area contributed by atoms with Crippen LogP contribution >= 0.6 is 23.2 Å². The van der Waals surface area contributed by atoms with Crippen LogP contribution in [0.1, 0.15) is 11.1 Å². The van der Waals surface area contributed by atoms with E-state index in [4.69, 9.17) is 23.2 Å². The molecule has 0 saturated heterocycles. The van der Waals surface area contributed by atoms with Crippen molar-refractivity contribution >= 4 is 23.2 Å². The standard InChI is InChI=1S/C13H9Cl2/c14-12-7-6-11(13(15)9-12)8-10-4-2-1-3-5-10/h1-9H. The number of hydrogen-bond acceptors (Lipinski definition) is 0. The van der Waals surface area contributed by atoms with Gasteiger partial charge in [-0.2, -0.15) is 0 Å². The smallest absolute Gasteiger partial charge is 0.0459 e. The Kier molecular flexibility index (Phi) is 3.30. The zero-order chi connectivity index (χ0) is 10.7. The van der Waals surface area contributed by atoms with E-state index in [0.29, 0.717) is 10.0 Å². The molecule has 0 amide bonds. The van der Waals surface area contributed by atoms with Gasteiger partial charge in [0, 0.05) is 16.5 Å². The number of rotatable bonds is 2. The van der Waals surface area contributed by atoms with Crippen molar-refractivity contribution in [1.82, 2.24) is 0 Å². The van der Waals surface area contributed by atoms with Gasteiger partial charge >= 0.3 is 0 Å². The molecule has 2 aromatic rings. The lowest BCUT2D eigenvalue weighted by atomic mass is 10.1. The van der Waals surface area contributed by atoms with E-state index in [1.807, 2.05) is 48.9 Å². The van der Waals surface area contributed by atoms with Crippen LogP contribution in [-0.2, 0) is 0 Å². The molecule has 0 saturated carbocycles. The second kappa shape index (κ2) is 4.69. The Hall–Kier alpha value is -0.980. The third-order valence-electron chi connectivity index (χ3n) is 2.08. The third-order valence-corrected chi connectivity index (χ3v) is 2.65. The van der Waals surface area contributed by atoms with E-state index in [9.17, 15) is 0 Å². The number of hydrogen-bond donors (Lipinski definition) is 0. The highest BCUT2D eigenvalue weighted by Crippen LogP contribution is 2.24. The van der Waals surface area contributed by atoms with Gasteiger partial charge in [0.2, 0.25) is 0 Å². The first-order valence-corrected chi connectivity index (χ1v) is 5.36. The van der Waals surface area contributed by atoms with Gasteiger partial charge in [-0.15, -0.1) is 0 Å². The predicted octanol–water partition coefficient (Wildman–Crippen LogP) is 4.59. The monoisotopic (exact) mass is 235 g/mol. The van der Waals surface area contributed by atoms with Crippen LogP contribution in [0, 0.1) is 6.42 Å². The lowest BCUT2D eigenvalue weighted by Gasteiger charge is -2.04. The summed E-state index contributed by atoms with van der Waals surface area (Å²) in [4.78, 5) is 0. The molecule has 2 heteroatoms. The second-order valence-corrected chi connectivity index (χ2v) is 4.06. The average Bonchev–Trinajstić information content (AvgIpc) is 2.24. The highest BCUT2D eigenvalue weighted by Gasteiger charge is 2.02. The quantitative estimate of drug-likeness (QED) is 0.715. The molecule has 15 heavy (non-hydrogen) atoms. The van der Waals surface area contributed by atoms with E-state index in [2.05, 4.69) is 0 Å². The summed E-state index contributed by atoms with van der Waals surface area (Å²) in [6, 6.07) is 15.5. The molecule has 0 heterocycles. The fourth-order valence-corrected chi connectivity index (χ4v) is 1.81. The van der Waals surface area contributed by atoms with E-state index >= 15 is 0 Å². The summed E-state index contributed by atoms with van der Waals surface area (Å²) in [5, 5.41) is 1.33. The van der Waals surface area contributed by atoms with E-state index in [-0.39, 0.29) is 0 Å². The Bertz CT molecular complexity index is 449. The van der Waals surface area contributed by atoms with Gasteiger partial charge in [0.15, 0.2) is 0 Å². The first kappa shape index (κ1) is 10.5. The van der Waals surface area contributed by atoms with Crippen LogP contribution in [-0.4, -0.2) is 0 Å². The summed E-state index contributed by atoms with van der Waals surface area (Å²) in [7, 11) is 0. The molecule has 75 valence electrons. The van der Waals surface area contributed by atoms with Crippen LogP contribution in [0.5, 0.6) is 0 Å². The Morgan fingerprint density at radius 1 is 0.867 bits per heavy atom. The minimum absolute atomic E-state index is 0.658. The molecule has 1 radical (unpaired) electrons. The Morgan fingerprint density at radius 2 is 1.60 bits per heavy atom. The first-order chi connectivity index (χ1) is 7.25. The Labute approximate surface area is 99.5 Å². The van der Waals surface area contributed by atoms with Crippen molar-refractivity contribution in [2.45, 2.75) is 0 Å². The van der Waals surface area contributed by atoms with Crippen LogP contribution in [0.2, 0.25) is 10.0 Å². The molecule has 0 spiro atoms. The maximum Gasteiger partial charge on any atom is 0.0459 e. The van der Waals surface area contributed by atoms with Crippen molar-refractivity contribution in [3.8, 4) is 0 Å². The van der Waals surface area contributed by atoms with Crippen molar-refractivity contribution < 1.29 is 0 Å². The lowest BCUT2D eigenvalue weighted by Crippen LogP contribution is -1.85. The molecule has 0 aliphatic heterocycles. The Balaban J connectivity index is 2.25. The van der Waals surface area contributed by atoms with E-state index in [0.717, 1.165) is 11.1 Å². The second-order valence-electron chi connectivity index (χ2n) is 3.22. The van der Waals surface area contributed by atoms with Crippen LogP contribution in [0.25, 0.3) is 0 Å². The molecule has 0 fully saturated rings. The normalized spacial score (nSPS) is 10.3. The van der Waals surface area contributed by atoms with Gasteiger partial charge in [-0.05, 0) is 23.3 Å². The molecule has 2 rings (SSSR count). The summed E-state index contributed by atoms with van der Waals surface area (Å²) in [5.74, 6) is 0. The maximum absolute atomic E-state index is 6.06. The highest BCUT2D eigenvalue weighted by atomic mass is 35.5. The Morgan fingerprint density at radius 3 is 2.27 bits per heavy atom. The fourth-order valence-electron chi connectivity index (χ4n) is 1.35. The zero-order valence-electron chi connectivity index (χ0n) is 7.95. The molecule has 0 aliphatic carbocycles. The van der Waals surface area contributed by atoms with Crippen molar-refractivity contribution in [3.63, 3.8) is 0 Å². The number of halogens is 2. The summed E-state index contributed by atoms with van der Waals surface area (Å²) >= 11 is 11.9. The van der Waals surface area contributed by atoms with Gasteiger partial charge in [0.05, 0.1) is 0 Å². The van der Waals surface area contributed by atoms with Gasteiger partial charge in [0.1, 0.15) is 0 Å². The third kappa shape index (κ3) is 2.74. The van der Waals surface area contributed by atoms with E-state index in [1.54, 1.807) is 6.07 Å². The predicted molar refractivity (Wildman–Crippen MR) is 65.4 cm³/mol. The van der Waals surface area contributed by atoms with Gasteiger partial charge < -0.3 is 0 Å². The van der Waals surface area contributed by atoms with Crippen LogP contribution in [0.15, 0.2) is 48.5 Å². The zero-order valence-corrected chi connectivity index (χ0v) is 9.46. The molecule has 0 aliphatic rings. The molecule has 0 atom stereocenters. The van der Waals surface area contributed by atoms with Crippen LogP contribution in [0.3, 0.4) is 0 Å². The number of benzene rings is 2. The lowest BCUT2D eigenvalue weighted by molar-refractivity contribution is 1.43. The molecule has 0 bridgehead atoms. The van der Waals surface area contributed by atoms with Crippen LogP contribution in [0.4, 0.5) is 0 Å². The fraction of sp³-hybridized carbons (Fsp3) is 0. The molecule has 2 aromatic carbocycles. The van der Waals surface area contributed by atoms with Gasteiger partial charge in [-0.3, -0.25) is 0 Å². The highest BCUT2D eigenvalue weighted by molar-refractivity contribution is 6.35.